The van der Waals surface area contributed by atoms with Gasteiger partial charge in [0.25, 0.3) is 0 Å². The molecule has 6 N–H and O–H groups in total. The van der Waals surface area contributed by atoms with Crippen molar-refractivity contribution in [1.29, 1.82) is 0 Å². The molecular formula is C22H32N6. The van der Waals surface area contributed by atoms with E-state index in [9.17, 15) is 0 Å². The van der Waals surface area contributed by atoms with Gasteiger partial charge in [0.05, 0.1) is 0 Å². The number of rotatable bonds is 3. The van der Waals surface area contributed by atoms with Crippen molar-refractivity contribution >= 4 is 16.3 Å². The molecule has 6 heteroatoms. The average molecular weight is 381 g/mol. The molecule has 0 spiro atoms. The number of hydrogen-bond acceptors (Lipinski definition) is 6. The summed E-state index contributed by atoms with van der Waals surface area (Å²) in [6, 6.07) is 15.0. The Kier molecular flexibility index (Phi) is 4.83. The van der Waals surface area contributed by atoms with Crippen molar-refractivity contribution in [3.63, 3.8) is 0 Å². The van der Waals surface area contributed by atoms with E-state index in [1.165, 1.54) is 17.2 Å². The third kappa shape index (κ3) is 3.37. The van der Waals surface area contributed by atoms with Crippen LogP contribution in [0.5, 0.6) is 0 Å². The van der Waals surface area contributed by atoms with Crippen LogP contribution in [0.25, 0.3) is 16.3 Å². The molecule has 28 heavy (non-hydrogen) atoms. The van der Waals surface area contributed by atoms with Gasteiger partial charge in [-0.05, 0) is 42.2 Å². The van der Waals surface area contributed by atoms with Crippen LogP contribution < -0.4 is 22.1 Å². The number of nitrogens with two attached hydrogens (primary N) is 2. The average Bonchev–Trinajstić information content (AvgIpc) is 2.67. The Balaban J connectivity index is 1.92. The summed E-state index contributed by atoms with van der Waals surface area (Å²) in [7, 11) is 4.06. The zero-order valence-corrected chi connectivity index (χ0v) is 17.1. The van der Waals surface area contributed by atoms with Crippen LogP contribution in [-0.2, 0) is 0 Å². The second-order valence-electron chi connectivity index (χ2n) is 8.45. The van der Waals surface area contributed by atoms with Crippen molar-refractivity contribution in [3.05, 3.63) is 53.8 Å². The quantitative estimate of drug-likeness (QED) is 0.652. The first-order valence-electron chi connectivity index (χ1n) is 10.1. The molecule has 0 aromatic heterocycles. The van der Waals surface area contributed by atoms with E-state index in [2.05, 4.69) is 62.9 Å². The highest BCUT2D eigenvalue weighted by Crippen LogP contribution is 2.36. The minimum absolute atomic E-state index is 0.813. The molecule has 1 fully saturated rings. The molecule has 0 aliphatic carbocycles. The van der Waals surface area contributed by atoms with Gasteiger partial charge in [-0.2, -0.15) is 0 Å². The lowest BCUT2D eigenvalue weighted by Gasteiger charge is -2.53. The second kappa shape index (κ2) is 7.04. The van der Waals surface area contributed by atoms with Crippen molar-refractivity contribution in [2.75, 3.05) is 27.2 Å². The van der Waals surface area contributed by atoms with Crippen molar-refractivity contribution in [1.82, 2.24) is 20.4 Å². The van der Waals surface area contributed by atoms with Gasteiger partial charge >= 0.3 is 0 Å². The predicted molar refractivity (Wildman–Crippen MR) is 116 cm³/mol. The van der Waals surface area contributed by atoms with E-state index in [4.69, 9.17) is 11.5 Å². The zero-order chi connectivity index (χ0) is 19.9. The van der Waals surface area contributed by atoms with Crippen molar-refractivity contribution in [2.45, 2.75) is 37.8 Å². The largest absolute Gasteiger partial charge is 0.364 e. The number of hydrogen-bond donors (Lipinski definition) is 4. The van der Waals surface area contributed by atoms with Crippen molar-refractivity contribution in [3.8, 4) is 0 Å². The lowest BCUT2D eigenvalue weighted by molar-refractivity contribution is 0.0396. The Morgan fingerprint density at radius 3 is 2.32 bits per heavy atom. The third-order valence-corrected chi connectivity index (χ3v) is 5.79. The first kappa shape index (κ1) is 19.2. The normalized spacial score (nSPS) is 29.0. The molecule has 2 aromatic carbocycles. The summed E-state index contributed by atoms with van der Waals surface area (Å²) in [6.07, 6.45) is 3.55. The van der Waals surface area contributed by atoms with Gasteiger partial charge < -0.3 is 10.2 Å². The fourth-order valence-electron chi connectivity index (χ4n) is 4.50. The summed E-state index contributed by atoms with van der Waals surface area (Å²) in [4.78, 5) is 4.42. The summed E-state index contributed by atoms with van der Waals surface area (Å²) >= 11 is 0. The zero-order valence-electron chi connectivity index (χ0n) is 17.1. The van der Waals surface area contributed by atoms with Gasteiger partial charge in [-0.3, -0.25) is 16.4 Å². The lowest BCUT2D eigenvalue weighted by Crippen LogP contribution is -2.80. The van der Waals surface area contributed by atoms with E-state index >= 15 is 0 Å². The molecule has 2 aliphatic heterocycles. The number of benzene rings is 2. The highest BCUT2D eigenvalue weighted by molar-refractivity contribution is 5.88. The van der Waals surface area contributed by atoms with E-state index in [0.29, 0.717) is 0 Å². The monoisotopic (exact) mass is 380 g/mol. The highest BCUT2D eigenvalue weighted by Gasteiger charge is 2.47. The Morgan fingerprint density at radius 1 is 0.964 bits per heavy atom. The van der Waals surface area contributed by atoms with E-state index in [1.807, 2.05) is 21.0 Å². The summed E-state index contributed by atoms with van der Waals surface area (Å²) in [5.74, 6) is -0.712. The van der Waals surface area contributed by atoms with E-state index < -0.39 is 11.6 Å². The topological polar surface area (TPSA) is 82.6 Å². The van der Waals surface area contributed by atoms with Gasteiger partial charge in [-0.25, -0.2) is 5.32 Å². The minimum Gasteiger partial charge on any atom is -0.364 e. The summed E-state index contributed by atoms with van der Waals surface area (Å²) in [6.45, 7) is 3.84. The molecule has 1 saturated heterocycles. The summed E-state index contributed by atoms with van der Waals surface area (Å²) < 4.78 is 0. The van der Waals surface area contributed by atoms with Gasteiger partial charge in [-0.1, -0.05) is 42.8 Å². The van der Waals surface area contributed by atoms with Crippen molar-refractivity contribution < 1.29 is 0 Å². The van der Waals surface area contributed by atoms with Gasteiger partial charge in [0, 0.05) is 32.8 Å². The van der Waals surface area contributed by atoms with Crippen molar-refractivity contribution in [2.24, 2.45) is 11.5 Å². The molecule has 0 radical (unpaired) electrons. The minimum atomic E-state index is -0.850. The Hall–Kier alpha value is -2.12. The first-order valence-corrected chi connectivity index (χ1v) is 10.1. The van der Waals surface area contributed by atoms with Crippen LogP contribution in [0, 0.1) is 0 Å². The van der Waals surface area contributed by atoms with Crippen LogP contribution in [0.3, 0.4) is 0 Å². The summed E-state index contributed by atoms with van der Waals surface area (Å²) in [5, 5.41) is 9.38. The molecule has 0 amide bonds. The molecule has 4 rings (SSSR count). The van der Waals surface area contributed by atoms with E-state index in [1.54, 1.807) is 0 Å². The number of fused-ring (bicyclic) bond motifs is 1. The molecule has 0 bridgehead atoms. The van der Waals surface area contributed by atoms with Crippen LogP contribution in [0.4, 0.5) is 0 Å². The fourth-order valence-corrected chi connectivity index (χ4v) is 4.50. The van der Waals surface area contributed by atoms with E-state index in [0.717, 1.165) is 42.9 Å². The highest BCUT2D eigenvalue weighted by atomic mass is 15.5. The maximum Gasteiger partial charge on any atom is 0.157 e. The SMILES string of the molecule is CN(C)C1=C(c2ccc3ccccc3c2)C(N)(N2CCCCC2)NC(C)(N)N1. The predicted octanol–water partition coefficient (Wildman–Crippen LogP) is 1.99. The van der Waals surface area contributed by atoms with Gasteiger partial charge in [-0.15, -0.1) is 0 Å². The smallest absolute Gasteiger partial charge is 0.157 e. The van der Waals surface area contributed by atoms with Crippen LogP contribution >= 0.6 is 0 Å². The molecular weight excluding hydrogens is 348 g/mol. The second-order valence-corrected chi connectivity index (χ2v) is 8.45. The number of piperidine rings is 1. The van der Waals surface area contributed by atoms with Crippen LogP contribution in [-0.4, -0.2) is 48.6 Å². The Labute approximate surface area is 167 Å². The van der Waals surface area contributed by atoms with Gasteiger partial charge in [0.2, 0.25) is 0 Å². The van der Waals surface area contributed by atoms with Gasteiger partial charge in [0.1, 0.15) is 11.6 Å². The van der Waals surface area contributed by atoms with Crippen LogP contribution in [0.2, 0.25) is 0 Å². The maximum atomic E-state index is 7.17. The number of nitrogens with one attached hydrogen (secondary N) is 2. The molecule has 2 atom stereocenters. The lowest BCUT2D eigenvalue weighted by atomic mass is 9.91. The molecule has 2 aromatic rings. The fraction of sp³-hybridized carbons (Fsp3) is 0.455. The summed E-state index contributed by atoms with van der Waals surface area (Å²) in [5.41, 5.74) is 15.8. The standard InChI is InChI=1S/C22H32N6/c1-21(23)25-20(27(2)3)19(22(24,26-21)28-13-7-4-8-14-28)18-12-11-16-9-5-6-10-17(16)15-18/h5-6,9-12,15,25-26H,4,7-8,13-14,23-24H2,1-3H3. The van der Waals surface area contributed by atoms with Gasteiger partial charge in [0.15, 0.2) is 5.79 Å². The number of likely N-dealkylation sites (tertiary alicyclic amines) is 1. The third-order valence-electron chi connectivity index (χ3n) is 5.79. The van der Waals surface area contributed by atoms with Crippen LogP contribution in [0.15, 0.2) is 48.3 Å². The molecule has 2 unspecified atom stereocenters. The Bertz CT molecular complexity index is 897. The number of nitrogens with zero attached hydrogens (tertiary/aromatic N) is 2. The molecule has 2 heterocycles. The molecule has 6 nitrogen and oxygen atoms in total. The molecule has 2 aliphatic rings. The Morgan fingerprint density at radius 2 is 1.64 bits per heavy atom. The van der Waals surface area contributed by atoms with E-state index in [-0.39, 0.29) is 0 Å². The molecule has 0 saturated carbocycles. The van der Waals surface area contributed by atoms with Crippen LogP contribution in [0.1, 0.15) is 31.7 Å². The molecule has 150 valence electrons. The first-order chi connectivity index (χ1) is 13.3. The maximum absolute atomic E-state index is 7.17.